The lowest BCUT2D eigenvalue weighted by molar-refractivity contribution is -0.141. The Balaban J connectivity index is 1.62. The Kier molecular flexibility index (Phi) is 6.02. The molecule has 0 radical (unpaired) electrons. The number of carbonyl (C=O) groups excluding carboxylic acids is 2. The number of hydrogen-bond donors (Lipinski definition) is 3. The number of rotatable bonds is 5. The molecule has 3 aromatic rings. The molecule has 1 saturated heterocycles. The third-order valence-corrected chi connectivity index (χ3v) is 5.62. The largest absolute Gasteiger partial charge is 0.433 e. The van der Waals surface area contributed by atoms with Gasteiger partial charge in [0.05, 0.1) is 17.1 Å². The molecule has 174 valence electrons. The van der Waals surface area contributed by atoms with Gasteiger partial charge in [0.15, 0.2) is 5.92 Å². The summed E-state index contributed by atoms with van der Waals surface area (Å²) < 4.78 is 39.1. The van der Waals surface area contributed by atoms with Gasteiger partial charge in [0.25, 0.3) is 0 Å². The number of fused-ring (bicyclic) bond motifs is 1. The molecule has 1 aliphatic heterocycles. The van der Waals surface area contributed by atoms with Gasteiger partial charge in [0.1, 0.15) is 17.3 Å². The van der Waals surface area contributed by atoms with Crippen LogP contribution in [-0.2, 0) is 15.8 Å². The number of alkyl halides is 3. The van der Waals surface area contributed by atoms with E-state index in [0.717, 1.165) is 32.0 Å². The van der Waals surface area contributed by atoms with Gasteiger partial charge >= 0.3 is 6.18 Å². The van der Waals surface area contributed by atoms with E-state index in [1.165, 1.54) is 0 Å². The minimum absolute atomic E-state index is 0.00677. The minimum atomic E-state index is -4.70. The zero-order valence-electron chi connectivity index (χ0n) is 17.7. The number of nitrogens with two attached hydrogens (primary N) is 1. The van der Waals surface area contributed by atoms with Gasteiger partial charge in [-0.05, 0) is 50.7 Å². The highest BCUT2D eigenvalue weighted by atomic mass is 19.4. The fourth-order valence-electron chi connectivity index (χ4n) is 3.93. The molecule has 0 bridgehead atoms. The summed E-state index contributed by atoms with van der Waals surface area (Å²) in [5.74, 6) is -2.89. The summed E-state index contributed by atoms with van der Waals surface area (Å²) in [5.41, 5.74) is 5.70. The maximum Gasteiger partial charge on any atom is 0.433 e. The number of carbonyl (C=O) groups is 2. The van der Waals surface area contributed by atoms with Crippen molar-refractivity contribution in [2.75, 3.05) is 18.9 Å². The Morgan fingerprint density at radius 3 is 2.73 bits per heavy atom. The second-order valence-corrected chi connectivity index (χ2v) is 7.97. The van der Waals surface area contributed by atoms with E-state index in [1.54, 1.807) is 18.2 Å². The summed E-state index contributed by atoms with van der Waals surface area (Å²) in [6.07, 6.45) is -0.972. The highest BCUT2D eigenvalue weighted by Gasteiger charge is 2.35. The van der Waals surface area contributed by atoms with E-state index in [2.05, 4.69) is 25.3 Å². The summed E-state index contributed by atoms with van der Waals surface area (Å²) in [7, 11) is 1.91. The Hall–Kier alpha value is -3.54. The van der Waals surface area contributed by atoms with Crippen LogP contribution in [0.3, 0.4) is 0 Å². The van der Waals surface area contributed by atoms with Crippen LogP contribution in [0, 0.1) is 0 Å². The molecule has 0 aliphatic carbocycles. The number of benzene rings is 1. The molecule has 3 heterocycles. The quantitative estimate of drug-likeness (QED) is 0.535. The van der Waals surface area contributed by atoms with Gasteiger partial charge in [0, 0.05) is 11.9 Å². The van der Waals surface area contributed by atoms with Crippen LogP contribution < -0.4 is 11.1 Å². The second kappa shape index (κ2) is 8.77. The van der Waals surface area contributed by atoms with Crippen molar-refractivity contribution in [2.45, 2.75) is 37.4 Å². The highest BCUT2D eigenvalue weighted by Crippen LogP contribution is 2.30. The molecule has 1 aromatic carbocycles. The van der Waals surface area contributed by atoms with Gasteiger partial charge in [-0.25, -0.2) is 15.0 Å². The Labute approximate surface area is 186 Å². The number of aromatic nitrogens is 4. The normalized spacial score (nSPS) is 18.2. The summed E-state index contributed by atoms with van der Waals surface area (Å²) in [4.78, 5) is 41.2. The van der Waals surface area contributed by atoms with Crippen LogP contribution in [0.4, 0.5) is 18.9 Å². The molecule has 12 heteroatoms. The zero-order valence-corrected chi connectivity index (χ0v) is 17.7. The Morgan fingerprint density at radius 2 is 2.03 bits per heavy atom. The molecule has 33 heavy (non-hydrogen) atoms. The maximum atomic E-state index is 13.0. The van der Waals surface area contributed by atoms with Gasteiger partial charge < -0.3 is 16.0 Å². The number of imidazole rings is 1. The minimum Gasteiger partial charge on any atom is -0.369 e. The van der Waals surface area contributed by atoms with E-state index in [9.17, 15) is 22.8 Å². The average molecular weight is 461 g/mol. The molecule has 0 saturated carbocycles. The van der Waals surface area contributed by atoms with E-state index in [4.69, 9.17) is 5.73 Å². The van der Waals surface area contributed by atoms with Crippen LogP contribution >= 0.6 is 0 Å². The number of likely N-dealkylation sites (N-methyl/N-ethyl adjacent to an activating group) is 1. The van der Waals surface area contributed by atoms with Gasteiger partial charge in [-0.3, -0.25) is 14.5 Å². The van der Waals surface area contributed by atoms with Gasteiger partial charge in [-0.15, -0.1) is 0 Å². The smallest absolute Gasteiger partial charge is 0.369 e. The molecular formula is C21H22F3N7O2. The van der Waals surface area contributed by atoms with Crippen LogP contribution in [0.1, 0.15) is 42.5 Å². The van der Waals surface area contributed by atoms with Crippen molar-refractivity contribution in [3.05, 3.63) is 47.8 Å². The lowest BCUT2D eigenvalue weighted by Gasteiger charge is -2.31. The fourth-order valence-corrected chi connectivity index (χ4v) is 3.93. The number of anilines is 1. The van der Waals surface area contributed by atoms with Crippen molar-refractivity contribution in [1.29, 1.82) is 0 Å². The molecule has 2 unspecified atom stereocenters. The van der Waals surface area contributed by atoms with Crippen LogP contribution in [0.5, 0.6) is 0 Å². The predicted molar refractivity (Wildman–Crippen MR) is 113 cm³/mol. The van der Waals surface area contributed by atoms with Crippen molar-refractivity contribution in [3.63, 3.8) is 0 Å². The molecule has 0 spiro atoms. The number of nitrogens with one attached hydrogen (secondary N) is 2. The van der Waals surface area contributed by atoms with Crippen molar-refractivity contribution in [2.24, 2.45) is 5.73 Å². The van der Waals surface area contributed by atoms with E-state index in [1.807, 2.05) is 11.9 Å². The van der Waals surface area contributed by atoms with Gasteiger partial charge in [0.2, 0.25) is 11.8 Å². The first kappa shape index (κ1) is 22.6. The Morgan fingerprint density at radius 1 is 1.24 bits per heavy atom. The van der Waals surface area contributed by atoms with E-state index in [-0.39, 0.29) is 17.8 Å². The van der Waals surface area contributed by atoms with Crippen LogP contribution in [-0.4, -0.2) is 56.3 Å². The van der Waals surface area contributed by atoms with Crippen LogP contribution in [0.15, 0.2) is 30.5 Å². The molecule has 2 atom stereocenters. The van der Waals surface area contributed by atoms with Crippen molar-refractivity contribution in [1.82, 2.24) is 24.8 Å². The first-order valence-corrected chi connectivity index (χ1v) is 10.3. The first-order chi connectivity index (χ1) is 15.6. The molecule has 2 amide bonds. The van der Waals surface area contributed by atoms with E-state index >= 15 is 0 Å². The molecule has 4 rings (SSSR count). The highest BCUT2D eigenvalue weighted by molar-refractivity contribution is 5.96. The van der Waals surface area contributed by atoms with E-state index in [0.29, 0.717) is 22.8 Å². The van der Waals surface area contributed by atoms with E-state index < -0.39 is 29.5 Å². The number of likely N-dealkylation sites (tertiary alicyclic amines) is 1. The number of aromatic amines is 1. The number of hydrogen-bond acceptors (Lipinski definition) is 6. The topological polar surface area (TPSA) is 130 Å². The number of H-pyrrole nitrogens is 1. The molecular weight excluding hydrogens is 439 g/mol. The summed E-state index contributed by atoms with van der Waals surface area (Å²) in [5, 5.41) is 2.88. The lowest BCUT2D eigenvalue weighted by atomic mass is 10.0. The molecule has 4 N–H and O–H groups in total. The first-order valence-electron chi connectivity index (χ1n) is 10.3. The zero-order chi connectivity index (χ0) is 23.8. The Bertz CT molecular complexity index is 1190. The van der Waals surface area contributed by atoms with Gasteiger partial charge in [-0.1, -0.05) is 6.42 Å². The van der Waals surface area contributed by atoms with Crippen molar-refractivity contribution >= 4 is 28.5 Å². The number of piperidine rings is 1. The van der Waals surface area contributed by atoms with Crippen LogP contribution in [0.25, 0.3) is 11.0 Å². The third kappa shape index (κ3) is 4.80. The summed E-state index contributed by atoms with van der Waals surface area (Å²) >= 11 is 0. The lowest BCUT2D eigenvalue weighted by Crippen LogP contribution is -2.44. The fraction of sp³-hybridized carbons (Fsp3) is 0.381. The summed E-state index contributed by atoms with van der Waals surface area (Å²) in [6, 6.07) is 5.41. The SMILES string of the molecule is CN1CCCCC1C(=O)Nc1ccc2nc(C(C(N)=O)c3nccc(C(F)(F)F)n3)[nH]c2c1. The standard InChI is InChI=1S/C21H22F3N7O2/c1-31-9-3-2-4-14(31)20(33)27-11-5-6-12-13(10-11)29-19(28-12)16(17(25)32)18-26-8-7-15(30-18)21(22,23)24/h5-8,10,14,16H,2-4,9H2,1H3,(H2,25,32)(H,27,33)(H,28,29). The van der Waals surface area contributed by atoms with Crippen molar-refractivity contribution < 1.29 is 22.8 Å². The van der Waals surface area contributed by atoms with Crippen molar-refractivity contribution in [3.8, 4) is 0 Å². The number of halogens is 3. The monoisotopic (exact) mass is 461 g/mol. The number of amides is 2. The van der Waals surface area contributed by atoms with Crippen LogP contribution in [0.2, 0.25) is 0 Å². The average Bonchev–Trinajstić information content (AvgIpc) is 3.16. The predicted octanol–water partition coefficient (Wildman–Crippen LogP) is 2.41. The molecule has 2 aromatic heterocycles. The van der Waals surface area contributed by atoms with Gasteiger partial charge in [-0.2, -0.15) is 13.2 Å². The molecule has 1 aliphatic rings. The number of primary amides is 1. The summed E-state index contributed by atoms with van der Waals surface area (Å²) in [6.45, 7) is 0.854. The maximum absolute atomic E-state index is 13.0. The molecule has 1 fully saturated rings. The second-order valence-electron chi connectivity index (χ2n) is 7.97. The third-order valence-electron chi connectivity index (χ3n) is 5.62. The number of nitrogens with zero attached hydrogens (tertiary/aromatic N) is 4. The molecule has 9 nitrogen and oxygen atoms in total.